The zero-order valence-corrected chi connectivity index (χ0v) is 13.8. The van der Waals surface area contributed by atoms with Gasteiger partial charge in [-0.25, -0.2) is 13.1 Å². The molecule has 124 valence electrons. The Morgan fingerprint density at radius 2 is 1.79 bits per heavy atom. The third-order valence-electron chi connectivity index (χ3n) is 3.96. The first kappa shape index (κ1) is 16.4. The van der Waals surface area contributed by atoms with E-state index >= 15 is 0 Å². The molecule has 1 fully saturated rings. The third kappa shape index (κ3) is 3.69. The standard InChI is InChI=1S/C16H17N5O2S/c17-12-14-6-7-16(19-18-14)21-10-8-13(9-11-21)20-24(22,23)15-4-2-1-3-5-15/h1-7,13,20H,8-11H2. The molecule has 0 aliphatic carbocycles. The lowest BCUT2D eigenvalue weighted by atomic mass is 10.1. The molecule has 3 rings (SSSR count). The van der Waals surface area contributed by atoms with Crippen molar-refractivity contribution in [3.63, 3.8) is 0 Å². The second kappa shape index (κ2) is 6.95. The summed E-state index contributed by atoms with van der Waals surface area (Å²) < 4.78 is 27.5. The molecule has 1 saturated heterocycles. The van der Waals surface area contributed by atoms with Gasteiger partial charge in [0.2, 0.25) is 10.0 Å². The Labute approximate surface area is 141 Å². The van der Waals surface area contributed by atoms with Crippen LogP contribution in [0.5, 0.6) is 0 Å². The summed E-state index contributed by atoms with van der Waals surface area (Å²) in [5.41, 5.74) is 0.282. The van der Waals surface area contributed by atoms with E-state index in [1.165, 1.54) is 0 Å². The van der Waals surface area contributed by atoms with E-state index in [1.54, 1.807) is 42.5 Å². The quantitative estimate of drug-likeness (QED) is 0.898. The van der Waals surface area contributed by atoms with E-state index in [1.807, 2.05) is 11.0 Å². The number of hydrogen-bond donors (Lipinski definition) is 1. The molecule has 1 aliphatic heterocycles. The lowest BCUT2D eigenvalue weighted by Gasteiger charge is -2.32. The average Bonchev–Trinajstić information content (AvgIpc) is 2.63. The zero-order chi connectivity index (χ0) is 17.0. The Hall–Kier alpha value is -2.50. The third-order valence-corrected chi connectivity index (χ3v) is 5.50. The Balaban J connectivity index is 1.60. The van der Waals surface area contributed by atoms with Gasteiger partial charge in [0.1, 0.15) is 6.07 Å². The molecule has 1 aromatic carbocycles. The molecule has 0 atom stereocenters. The molecule has 1 aromatic heterocycles. The normalized spacial score (nSPS) is 15.9. The first-order chi connectivity index (χ1) is 11.6. The molecule has 1 N–H and O–H groups in total. The van der Waals surface area contributed by atoms with E-state index < -0.39 is 10.0 Å². The van der Waals surface area contributed by atoms with Crippen molar-refractivity contribution in [3.05, 3.63) is 48.2 Å². The van der Waals surface area contributed by atoms with Crippen molar-refractivity contribution in [1.29, 1.82) is 5.26 Å². The van der Waals surface area contributed by atoms with Crippen molar-refractivity contribution >= 4 is 15.8 Å². The number of hydrogen-bond acceptors (Lipinski definition) is 6. The van der Waals surface area contributed by atoms with Gasteiger partial charge in [-0.05, 0) is 37.1 Å². The second-order valence-electron chi connectivity index (χ2n) is 5.58. The summed E-state index contributed by atoms with van der Waals surface area (Å²) in [6, 6.07) is 13.6. The van der Waals surface area contributed by atoms with Gasteiger partial charge < -0.3 is 4.90 Å². The molecule has 0 radical (unpaired) electrons. The maximum Gasteiger partial charge on any atom is 0.240 e. The van der Waals surface area contributed by atoms with Gasteiger partial charge in [-0.15, -0.1) is 10.2 Å². The number of rotatable bonds is 4. The van der Waals surface area contributed by atoms with Gasteiger partial charge >= 0.3 is 0 Å². The van der Waals surface area contributed by atoms with Gasteiger partial charge in [0, 0.05) is 19.1 Å². The van der Waals surface area contributed by atoms with Crippen LogP contribution >= 0.6 is 0 Å². The van der Waals surface area contributed by atoms with Gasteiger partial charge in [-0.2, -0.15) is 5.26 Å². The van der Waals surface area contributed by atoms with Crippen molar-refractivity contribution in [2.75, 3.05) is 18.0 Å². The molecule has 24 heavy (non-hydrogen) atoms. The molecule has 0 saturated carbocycles. The highest BCUT2D eigenvalue weighted by atomic mass is 32.2. The summed E-state index contributed by atoms with van der Waals surface area (Å²) in [6.07, 6.45) is 1.38. The molecule has 8 heteroatoms. The Morgan fingerprint density at radius 1 is 1.08 bits per heavy atom. The fraction of sp³-hybridized carbons (Fsp3) is 0.312. The lowest BCUT2D eigenvalue weighted by Crippen LogP contribution is -2.44. The van der Waals surface area contributed by atoms with Crippen LogP contribution in [-0.4, -0.2) is 37.7 Å². The van der Waals surface area contributed by atoms with Crippen molar-refractivity contribution in [2.45, 2.75) is 23.8 Å². The fourth-order valence-corrected chi connectivity index (χ4v) is 3.99. The number of sulfonamides is 1. The minimum Gasteiger partial charge on any atom is -0.355 e. The van der Waals surface area contributed by atoms with Crippen molar-refractivity contribution in [3.8, 4) is 6.07 Å². The van der Waals surface area contributed by atoms with Crippen LogP contribution in [0.4, 0.5) is 5.82 Å². The average molecular weight is 343 g/mol. The van der Waals surface area contributed by atoms with Gasteiger partial charge in [-0.3, -0.25) is 0 Å². The summed E-state index contributed by atoms with van der Waals surface area (Å²) in [4.78, 5) is 2.33. The smallest absolute Gasteiger partial charge is 0.240 e. The number of nitrogens with zero attached hydrogens (tertiary/aromatic N) is 4. The summed E-state index contributed by atoms with van der Waals surface area (Å²) >= 11 is 0. The molecule has 0 spiro atoms. The molecule has 2 heterocycles. The number of aromatic nitrogens is 2. The monoisotopic (exact) mass is 343 g/mol. The molecule has 7 nitrogen and oxygen atoms in total. The maximum absolute atomic E-state index is 12.3. The van der Waals surface area contributed by atoms with E-state index in [2.05, 4.69) is 14.9 Å². The van der Waals surface area contributed by atoms with Crippen LogP contribution in [0.1, 0.15) is 18.5 Å². The van der Waals surface area contributed by atoms with Crippen molar-refractivity contribution < 1.29 is 8.42 Å². The second-order valence-corrected chi connectivity index (χ2v) is 7.30. The summed E-state index contributed by atoms with van der Waals surface area (Å²) in [7, 11) is -3.48. The molecule has 0 amide bonds. The van der Waals surface area contributed by atoms with E-state index in [9.17, 15) is 8.42 Å². The van der Waals surface area contributed by atoms with Crippen LogP contribution in [0.3, 0.4) is 0 Å². The largest absolute Gasteiger partial charge is 0.355 e. The molecule has 0 bridgehead atoms. The number of nitriles is 1. The molecular formula is C16H17N5O2S. The first-order valence-corrected chi connectivity index (χ1v) is 9.13. The summed E-state index contributed by atoms with van der Waals surface area (Å²) in [5.74, 6) is 0.707. The van der Waals surface area contributed by atoms with E-state index in [4.69, 9.17) is 5.26 Å². The molecule has 2 aromatic rings. The fourth-order valence-electron chi connectivity index (χ4n) is 2.67. The number of nitrogens with one attached hydrogen (secondary N) is 1. The number of piperidine rings is 1. The minimum atomic E-state index is -3.48. The van der Waals surface area contributed by atoms with E-state index in [-0.39, 0.29) is 16.6 Å². The van der Waals surface area contributed by atoms with Crippen LogP contribution in [0, 0.1) is 11.3 Å². The highest BCUT2D eigenvalue weighted by Gasteiger charge is 2.25. The van der Waals surface area contributed by atoms with Crippen LogP contribution < -0.4 is 9.62 Å². The van der Waals surface area contributed by atoms with Crippen LogP contribution in [-0.2, 0) is 10.0 Å². The van der Waals surface area contributed by atoms with Crippen LogP contribution in [0.15, 0.2) is 47.4 Å². The van der Waals surface area contributed by atoms with Gasteiger partial charge in [-0.1, -0.05) is 18.2 Å². The predicted molar refractivity (Wildman–Crippen MR) is 88.7 cm³/mol. The Morgan fingerprint density at radius 3 is 2.38 bits per heavy atom. The molecule has 0 unspecified atom stereocenters. The van der Waals surface area contributed by atoms with Gasteiger partial charge in [0.05, 0.1) is 4.90 Å². The lowest BCUT2D eigenvalue weighted by molar-refractivity contribution is 0.457. The minimum absolute atomic E-state index is 0.0993. The van der Waals surface area contributed by atoms with Gasteiger partial charge in [0.25, 0.3) is 0 Å². The van der Waals surface area contributed by atoms with Crippen LogP contribution in [0.25, 0.3) is 0 Å². The van der Waals surface area contributed by atoms with Crippen molar-refractivity contribution in [1.82, 2.24) is 14.9 Å². The number of benzene rings is 1. The topological polar surface area (TPSA) is 99.0 Å². The summed E-state index contributed by atoms with van der Waals surface area (Å²) in [6.45, 7) is 1.37. The highest BCUT2D eigenvalue weighted by Crippen LogP contribution is 2.19. The Bertz CT molecular complexity index is 823. The number of anilines is 1. The first-order valence-electron chi connectivity index (χ1n) is 7.65. The van der Waals surface area contributed by atoms with Crippen molar-refractivity contribution in [2.24, 2.45) is 0 Å². The van der Waals surface area contributed by atoms with E-state index in [0.717, 1.165) is 0 Å². The van der Waals surface area contributed by atoms with Crippen LogP contribution in [0.2, 0.25) is 0 Å². The Kier molecular flexibility index (Phi) is 4.74. The summed E-state index contributed by atoms with van der Waals surface area (Å²) in [5, 5.41) is 16.6. The van der Waals surface area contributed by atoms with Gasteiger partial charge in [0.15, 0.2) is 11.5 Å². The maximum atomic E-state index is 12.3. The highest BCUT2D eigenvalue weighted by molar-refractivity contribution is 7.89. The zero-order valence-electron chi connectivity index (χ0n) is 13.0. The molecule has 1 aliphatic rings. The predicted octanol–water partition coefficient (Wildman–Crippen LogP) is 1.30. The van der Waals surface area contributed by atoms with E-state index in [0.29, 0.717) is 31.7 Å². The molecular weight excluding hydrogens is 326 g/mol. The SMILES string of the molecule is N#Cc1ccc(N2CCC(NS(=O)(=O)c3ccccc3)CC2)nn1.